The highest BCUT2D eigenvalue weighted by Crippen LogP contribution is 2.26. The number of benzene rings is 1. The molecule has 16 heavy (non-hydrogen) atoms. The maximum atomic E-state index is 13.7. The van der Waals surface area contributed by atoms with Crippen LogP contribution in [0, 0.1) is 18.6 Å². The lowest BCUT2D eigenvalue weighted by atomic mass is 9.95. The van der Waals surface area contributed by atoms with Gasteiger partial charge in [0.25, 0.3) is 0 Å². The van der Waals surface area contributed by atoms with Gasteiger partial charge in [-0.3, -0.25) is 0 Å². The van der Waals surface area contributed by atoms with Gasteiger partial charge in [-0.1, -0.05) is 25.3 Å². The van der Waals surface area contributed by atoms with Gasteiger partial charge in [-0.05, 0) is 31.4 Å². The normalized spacial score (nSPS) is 17.4. The maximum absolute atomic E-state index is 13.7. The van der Waals surface area contributed by atoms with Crippen molar-refractivity contribution >= 4 is 5.69 Å². The van der Waals surface area contributed by atoms with Gasteiger partial charge in [0.2, 0.25) is 0 Å². The largest absolute Gasteiger partial charge is 0.378 e. The van der Waals surface area contributed by atoms with Crippen molar-refractivity contribution in [2.75, 3.05) is 5.32 Å². The third kappa shape index (κ3) is 2.34. The van der Waals surface area contributed by atoms with E-state index in [2.05, 4.69) is 5.32 Å². The minimum atomic E-state index is -0.492. The van der Waals surface area contributed by atoms with Crippen molar-refractivity contribution in [2.45, 2.75) is 45.1 Å². The minimum Gasteiger partial charge on any atom is -0.378 e. The Morgan fingerprint density at radius 1 is 1.12 bits per heavy atom. The minimum absolute atomic E-state index is 0.0481. The summed E-state index contributed by atoms with van der Waals surface area (Å²) < 4.78 is 27.2. The van der Waals surface area contributed by atoms with Crippen molar-refractivity contribution in [1.29, 1.82) is 0 Å². The Morgan fingerprint density at radius 3 is 2.50 bits per heavy atom. The van der Waals surface area contributed by atoms with Gasteiger partial charge in [-0.15, -0.1) is 0 Å². The summed E-state index contributed by atoms with van der Waals surface area (Å²) in [6.45, 7) is 1.65. The Labute approximate surface area is 94.9 Å². The van der Waals surface area contributed by atoms with Crippen LogP contribution >= 0.6 is 0 Å². The lowest BCUT2D eigenvalue weighted by molar-refractivity contribution is 0.457. The summed E-state index contributed by atoms with van der Waals surface area (Å²) in [6.07, 6.45) is 5.54. The highest BCUT2D eigenvalue weighted by molar-refractivity contribution is 5.49. The Morgan fingerprint density at radius 2 is 1.81 bits per heavy atom. The van der Waals surface area contributed by atoms with E-state index in [9.17, 15) is 8.78 Å². The molecule has 3 heteroatoms. The fraction of sp³-hybridized carbons (Fsp3) is 0.538. The summed E-state index contributed by atoms with van der Waals surface area (Å²) in [7, 11) is 0. The van der Waals surface area contributed by atoms with E-state index in [-0.39, 0.29) is 11.7 Å². The van der Waals surface area contributed by atoms with Crippen LogP contribution in [0.4, 0.5) is 14.5 Å². The zero-order valence-electron chi connectivity index (χ0n) is 9.52. The van der Waals surface area contributed by atoms with Crippen LogP contribution in [0.2, 0.25) is 0 Å². The molecule has 1 saturated carbocycles. The molecule has 1 aliphatic rings. The van der Waals surface area contributed by atoms with Crippen LogP contribution in [-0.2, 0) is 0 Å². The second kappa shape index (κ2) is 4.81. The molecule has 0 spiro atoms. The summed E-state index contributed by atoms with van der Waals surface area (Å²) >= 11 is 0. The first-order valence-corrected chi connectivity index (χ1v) is 5.89. The fourth-order valence-corrected chi connectivity index (χ4v) is 2.24. The van der Waals surface area contributed by atoms with Crippen molar-refractivity contribution in [3.8, 4) is 0 Å². The summed E-state index contributed by atoms with van der Waals surface area (Å²) in [5, 5.41) is 3.01. The molecule has 1 aromatic rings. The van der Waals surface area contributed by atoms with Crippen molar-refractivity contribution in [3.63, 3.8) is 0 Å². The van der Waals surface area contributed by atoms with E-state index in [0.717, 1.165) is 25.7 Å². The molecular formula is C13H17F2N. The van der Waals surface area contributed by atoms with Crippen molar-refractivity contribution < 1.29 is 8.78 Å². The van der Waals surface area contributed by atoms with Crippen LogP contribution in [0.25, 0.3) is 0 Å². The van der Waals surface area contributed by atoms with E-state index in [1.807, 2.05) is 0 Å². The van der Waals surface area contributed by atoms with Crippen molar-refractivity contribution in [2.24, 2.45) is 0 Å². The van der Waals surface area contributed by atoms with Crippen LogP contribution in [0.5, 0.6) is 0 Å². The SMILES string of the molecule is Cc1ccc(F)c(NC2CCCCC2)c1F. The smallest absolute Gasteiger partial charge is 0.152 e. The Balaban J connectivity index is 2.16. The molecule has 0 amide bonds. The Bertz CT molecular complexity index is 370. The standard InChI is InChI=1S/C13H17F2N/c1-9-7-8-11(14)13(12(9)15)16-10-5-3-2-4-6-10/h7-8,10,16H,2-6H2,1H3. The Kier molecular flexibility index (Phi) is 3.42. The van der Waals surface area contributed by atoms with Gasteiger partial charge >= 0.3 is 0 Å². The number of halogens is 2. The van der Waals surface area contributed by atoms with Crippen LogP contribution in [0.3, 0.4) is 0 Å². The molecule has 0 atom stereocenters. The van der Waals surface area contributed by atoms with Gasteiger partial charge in [0.1, 0.15) is 11.5 Å². The average Bonchev–Trinajstić information content (AvgIpc) is 2.31. The number of hydrogen-bond acceptors (Lipinski definition) is 1. The second-order valence-corrected chi connectivity index (χ2v) is 4.53. The zero-order chi connectivity index (χ0) is 11.5. The first-order chi connectivity index (χ1) is 7.68. The van der Waals surface area contributed by atoms with Gasteiger partial charge in [-0.2, -0.15) is 0 Å². The summed E-state index contributed by atoms with van der Waals surface area (Å²) in [5.41, 5.74) is 0.534. The molecule has 1 nitrogen and oxygen atoms in total. The molecule has 2 rings (SSSR count). The third-order valence-corrected chi connectivity index (χ3v) is 3.24. The summed E-state index contributed by atoms with van der Waals surface area (Å²) in [5.74, 6) is -0.945. The molecule has 0 unspecified atom stereocenters. The molecule has 1 aromatic carbocycles. The number of nitrogens with one attached hydrogen (secondary N) is 1. The molecule has 0 bridgehead atoms. The molecule has 88 valence electrons. The van der Waals surface area contributed by atoms with Crippen LogP contribution < -0.4 is 5.32 Å². The second-order valence-electron chi connectivity index (χ2n) is 4.53. The number of aryl methyl sites for hydroxylation is 1. The van der Waals surface area contributed by atoms with Gasteiger partial charge in [0.15, 0.2) is 5.82 Å². The molecule has 0 radical (unpaired) electrons. The summed E-state index contributed by atoms with van der Waals surface area (Å²) in [6, 6.07) is 3.01. The van der Waals surface area contributed by atoms with Crippen LogP contribution in [0.15, 0.2) is 12.1 Å². The first-order valence-electron chi connectivity index (χ1n) is 5.89. The van der Waals surface area contributed by atoms with Crippen molar-refractivity contribution in [1.82, 2.24) is 0 Å². The number of hydrogen-bond donors (Lipinski definition) is 1. The lowest BCUT2D eigenvalue weighted by Gasteiger charge is -2.24. The molecule has 1 aliphatic carbocycles. The molecule has 1 N–H and O–H groups in total. The van der Waals surface area contributed by atoms with E-state index in [1.165, 1.54) is 18.6 Å². The van der Waals surface area contributed by atoms with E-state index in [0.29, 0.717) is 5.56 Å². The topological polar surface area (TPSA) is 12.0 Å². The van der Waals surface area contributed by atoms with Gasteiger partial charge in [-0.25, -0.2) is 8.78 Å². The molecule has 0 heterocycles. The van der Waals surface area contributed by atoms with E-state index in [4.69, 9.17) is 0 Å². The molecular weight excluding hydrogens is 208 g/mol. The van der Waals surface area contributed by atoms with E-state index < -0.39 is 11.6 Å². The highest BCUT2D eigenvalue weighted by Gasteiger charge is 2.18. The number of anilines is 1. The Hall–Kier alpha value is -1.12. The van der Waals surface area contributed by atoms with E-state index >= 15 is 0 Å². The monoisotopic (exact) mass is 225 g/mol. The fourth-order valence-electron chi connectivity index (χ4n) is 2.24. The quantitative estimate of drug-likeness (QED) is 0.801. The van der Waals surface area contributed by atoms with Crippen molar-refractivity contribution in [3.05, 3.63) is 29.3 Å². The van der Waals surface area contributed by atoms with Gasteiger partial charge in [0.05, 0.1) is 0 Å². The molecule has 1 fully saturated rings. The molecule has 0 aliphatic heterocycles. The lowest BCUT2D eigenvalue weighted by Crippen LogP contribution is -2.23. The van der Waals surface area contributed by atoms with Gasteiger partial charge in [0, 0.05) is 6.04 Å². The number of rotatable bonds is 2. The maximum Gasteiger partial charge on any atom is 0.152 e. The van der Waals surface area contributed by atoms with E-state index in [1.54, 1.807) is 6.92 Å². The van der Waals surface area contributed by atoms with Crippen LogP contribution in [0.1, 0.15) is 37.7 Å². The predicted molar refractivity (Wildman–Crippen MR) is 61.6 cm³/mol. The van der Waals surface area contributed by atoms with Gasteiger partial charge < -0.3 is 5.32 Å². The zero-order valence-corrected chi connectivity index (χ0v) is 9.52. The third-order valence-electron chi connectivity index (χ3n) is 3.24. The van der Waals surface area contributed by atoms with Crippen LogP contribution in [-0.4, -0.2) is 6.04 Å². The highest BCUT2D eigenvalue weighted by atomic mass is 19.1. The molecule has 0 saturated heterocycles. The molecule has 0 aromatic heterocycles. The predicted octanol–water partition coefficient (Wildman–Crippen LogP) is 4.02. The summed E-state index contributed by atoms with van der Waals surface area (Å²) in [4.78, 5) is 0. The first kappa shape index (κ1) is 11.4. The average molecular weight is 225 g/mol.